The van der Waals surface area contributed by atoms with Gasteiger partial charge >= 0.3 is 6.18 Å². The molecule has 1 aromatic rings. The Balaban J connectivity index is 3.53. The van der Waals surface area contributed by atoms with E-state index in [0.717, 1.165) is 6.07 Å². The molecule has 2 nitrogen and oxygen atoms in total. The predicted octanol–water partition coefficient (Wildman–Crippen LogP) is 2.80. The lowest BCUT2D eigenvalue weighted by Gasteiger charge is -2.13. The summed E-state index contributed by atoms with van der Waals surface area (Å²) in [7, 11) is 0. The number of nitriles is 1. The van der Waals surface area contributed by atoms with Crippen molar-refractivity contribution >= 4 is 15.9 Å². The monoisotopic (exact) mass is 278 g/mol. The molecule has 0 aliphatic carbocycles. The third kappa shape index (κ3) is 2.49. The van der Waals surface area contributed by atoms with Crippen molar-refractivity contribution in [2.24, 2.45) is 5.73 Å². The molecule has 0 amide bonds. The molecule has 0 atom stereocenters. The molecule has 0 bridgehead atoms. The molecule has 15 heavy (non-hydrogen) atoms. The summed E-state index contributed by atoms with van der Waals surface area (Å²) in [6, 6.07) is 3.91. The van der Waals surface area contributed by atoms with Gasteiger partial charge in [-0.1, -0.05) is 15.9 Å². The van der Waals surface area contributed by atoms with Gasteiger partial charge in [0.1, 0.15) is 0 Å². The predicted molar refractivity (Wildman–Crippen MR) is 51.8 cm³/mol. The lowest BCUT2D eigenvalue weighted by molar-refractivity contribution is -0.138. The van der Waals surface area contributed by atoms with Crippen LogP contribution in [0.25, 0.3) is 0 Å². The van der Waals surface area contributed by atoms with Crippen LogP contribution in [0.1, 0.15) is 16.7 Å². The normalized spacial score (nSPS) is 11.2. The van der Waals surface area contributed by atoms with Crippen molar-refractivity contribution in [2.45, 2.75) is 12.7 Å². The molecule has 0 saturated carbocycles. The number of alkyl halides is 3. The lowest BCUT2D eigenvalue weighted by atomic mass is 10.0. The first kappa shape index (κ1) is 12.0. The van der Waals surface area contributed by atoms with Crippen LogP contribution in [0.3, 0.4) is 0 Å². The Morgan fingerprint density at radius 3 is 2.40 bits per heavy atom. The fourth-order valence-electron chi connectivity index (χ4n) is 1.25. The van der Waals surface area contributed by atoms with Gasteiger partial charge in [0.2, 0.25) is 0 Å². The molecule has 0 spiro atoms. The summed E-state index contributed by atoms with van der Waals surface area (Å²) in [4.78, 5) is 0. The van der Waals surface area contributed by atoms with E-state index in [4.69, 9.17) is 11.0 Å². The van der Waals surface area contributed by atoms with Crippen molar-refractivity contribution in [3.63, 3.8) is 0 Å². The van der Waals surface area contributed by atoms with Crippen LogP contribution >= 0.6 is 15.9 Å². The summed E-state index contributed by atoms with van der Waals surface area (Å²) >= 11 is 3.02. The van der Waals surface area contributed by atoms with Gasteiger partial charge in [-0.15, -0.1) is 0 Å². The second-order valence-corrected chi connectivity index (χ2v) is 3.72. The van der Waals surface area contributed by atoms with E-state index < -0.39 is 17.3 Å². The summed E-state index contributed by atoms with van der Waals surface area (Å²) in [6.07, 6.45) is -4.56. The highest BCUT2D eigenvalue weighted by molar-refractivity contribution is 9.10. The zero-order valence-electron chi connectivity index (χ0n) is 7.40. The van der Waals surface area contributed by atoms with Crippen molar-refractivity contribution in [2.75, 3.05) is 0 Å². The fourth-order valence-corrected chi connectivity index (χ4v) is 1.75. The van der Waals surface area contributed by atoms with Gasteiger partial charge in [0.25, 0.3) is 0 Å². The second-order valence-electron chi connectivity index (χ2n) is 2.80. The molecule has 0 heterocycles. The maximum atomic E-state index is 12.6. The van der Waals surface area contributed by atoms with Crippen LogP contribution in [0, 0.1) is 11.3 Å². The summed E-state index contributed by atoms with van der Waals surface area (Å²) in [6.45, 7) is -0.261. The van der Waals surface area contributed by atoms with Gasteiger partial charge in [0.15, 0.2) is 0 Å². The maximum Gasteiger partial charge on any atom is 0.418 e. The topological polar surface area (TPSA) is 49.8 Å². The number of hydrogen-bond acceptors (Lipinski definition) is 2. The average molecular weight is 279 g/mol. The van der Waals surface area contributed by atoms with E-state index >= 15 is 0 Å². The Bertz CT molecular complexity index is 421. The first-order valence-corrected chi connectivity index (χ1v) is 4.69. The molecule has 0 radical (unpaired) electrons. The molecule has 1 aromatic carbocycles. The Hall–Kier alpha value is -1.06. The number of nitrogens with two attached hydrogens (primary N) is 1. The first-order valence-electron chi connectivity index (χ1n) is 3.90. The van der Waals surface area contributed by atoms with Gasteiger partial charge in [0.05, 0.1) is 17.2 Å². The van der Waals surface area contributed by atoms with Gasteiger partial charge in [-0.3, -0.25) is 0 Å². The van der Waals surface area contributed by atoms with E-state index in [1.165, 1.54) is 12.1 Å². The number of nitrogens with zero attached hydrogens (tertiary/aromatic N) is 1. The summed E-state index contributed by atoms with van der Waals surface area (Å²) in [5, 5.41) is 8.61. The van der Waals surface area contributed by atoms with Gasteiger partial charge < -0.3 is 5.73 Å². The Morgan fingerprint density at radius 1 is 1.40 bits per heavy atom. The summed E-state index contributed by atoms with van der Waals surface area (Å²) < 4.78 is 38.2. The summed E-state index contributed by atoms with van der Waals surface area (Å²) in [5.41, 5.74) is 3.75. The van der Waals surface area contributed by atoms with Crippen molar-refractivity contribution < 1.29 is 13.2 Å². The standard InChI is InChI=1S/C9H6BrF3N2/c10-7-1-5(3-14)8(9(11,12)13)6(2-7)4-15/h1-2H,3,14H2. The van der Waals surface area contributed by atoms with Crippen LogP contribution in [-0.4, -0.2) is 0 Å². The third-order valence-electron chi connectivity index (χ3n) is 1.81. The molecule has 6 heteroatoms. The summed E-state index contributed by atoms with van der Waals surface area (Å²) in [5.74, 6) is 0. The minimum absolute atomic E-state index is 0.0894. The first-order chi connectivity index (χ1) is 6.90. The molecule has 80 valence electrons. The minimum Gasteiger partial charge on any atom is -0.326 e. The van der Waals surface area contributed by atoms with Crippen molar-refractivity contribution in [1.82, 2.24) is 0 Å². The smallest absolute Gasteiger partial charge is 0.326 e. The highest BCUT2D eigenvalue weighted by atomic mass is 79.9. The molecule has 0 aliphatic rings. The Labute approximate surface area is 92.6 Å². The minimum atomic E-state index is -4.56. The second kappa shape index (κ2) is 4.21. The third-order valence-corrected chi connectivity index (χ3v) is 2.27. The number of benzene rings is 1. The molecule has 2 N–H and O–H groups in total. The molecule has 0 saturated heterocycles. The molecule has 0 fully saturated rings. The van der Waals surface area contributed by atoms with E-state index in [-0.39, 0.29) is 12.1 Å². The van der Waals surface area contributed by atoms with Crippen LogP contribution in [0.15, 0.2) is 16.6 Å². The van der Waals surface area contributed by atoms with E-state index in [1.54, 1.807) is 0 Å². The quantitative estimate of drug-likeness (QED) is 0.859. The van der Waals surface area contributed by atoms with Crippen molar-refractivity contribution in [1.29, 1.82) is 5.26 Å². The molecule has 0 aliphatic heterocycles. The zero-order valence-corrected chi connectivity index (χ0v) is 8.98. The molecule has 0 aromatic heterocycles. The van der Waals surface area contributed by atoms with Gasteiger partial charge in [-0.05, 0) is 17.7 Å². The van der Waals surface area contributed by atoms with E-state index in [0.29, 0.717) is 4.47 Å². The fraction of sp³-hybridized carbons (Fsp3) is 0.222. The van der Waals surface area contributed by atoms with Crippen LogP contribution in [0.2, 0.25) is 0 Å². The zero-order chi connectivity index (χ0) is 11.6. The van der Waals surface area contributed by atoms with E-state index in [9.17, 15) is 13.2 Å². The number of hydrogen-bond donors (Lipinski definition) is 1. The van der Waals surface area contributed by atoms with Crippen LogP contribution in [0.5, 0.6) is 0 Å². The number of rotatable bonds is 1. The average Bonchev–Trinajstić information content (AvgIpc) is 2.14. The molecule has 0 unspecified atom stereocenters. The Kier molecular flexibility index (Phi) is 3.37. The van der Waals surface area contributed by atoms with Crippen LogP contribution < -0.4 is 5.73 Å². The lowest BCUT2D eigenvalue weighted by Crippen LogP contribution is -2.14. The Morgan fingerprint density at radius 2 is 2.00 bits per heavy atom. The van der Waals surface area contributed by atoms with Crippen molar-refractivity contribution in [3.05, 3.63) is 33.3 Å². The maximum absolute atomic E-state index is 12.6. The molecular formula is C9H6BrF3N2. The van der Waals surface area contributed by atoms with Gasteiger partial charge in [0, 0.05) is 11.0 Å². The largest absolute Gasteiger partial charge is 0.418 e. The highest BCUT2D eigenvalue weighted by Crippen LogP contribution is 2.36. The molecular weight excluding hydrogens is 273 g/mol. The number of halogens is 4. The highest BCUT2D eigenvalue weighted by Gasteiger charge is 2.36. The van der Waals surface area contributed by atoms with Crippen molar-refractivity contribution in [3.8, 4) is 6.07 Å². The van der Waals surface area contributed by atoms with Gasteiger partial charge in [-0.25, -0.2) is 0 Å². The van der Waals surface area contributed by atoms with Crippen LogP contribution in [-0.2, 0) is 12.7 Å². The molecule has 1 rings (SSSR count). The SMILES string of the molecule is N#Cc1cc(Br)cc(CN)c1C(F)(F)F. The van der Waals surface area contributed by atoms with E-state index in [1.807, 2.05) is 0 Å². The van der Waals surface area contributed by atoms with Gasteiger partial charge in [-0.2, -0.15) is 18.4 Å². The van der Waals surface area contributed by atoms with Crippen LogP contribution in [0.4, 0.5) is 13.2 Å². The van der Waals surface area contributed by atoms with E-state index in [2.05, 4.69) is 15.9 Å².